The third kappa shape index (κ3) is 5.01. The topological polar surface area (TPSA) is 50.5 Å². The normalized spacial score (nSPS) is 15.8. The third-order valence-corrected chi connectivity index (χ3v) is 5.95. The number of rotatable bonds is 9. The van der Waals surface area contributed by atoms with Gasteiger partial charge in [0.1, 0.15) is 23.1 Å². The number of hydrogen-bond acceptors (Lipinski definition) is 6. The predicted octanol–water partition coefficient (Wildman–Crippen LogP) is 4.55. The second-order valence-corrected chi connectivity index (χ2v) is 8.18. The van der Waals surface area contributed by atoms with Gasteiger partial charge < -0.3 is 14.5 Å². The van der Waals surface area contributed by atoms with Gasteiger partial charge in [0.25, 0.3) is 0 Å². The Labute approximate surface area is 170 Å². The van der Waals surface area contributed by atoms with Gasteiger partial charge in [0.05, 0.1) is 18.0 Å². The van der Waals surface area contributed by atoms with E-state index in [0.29, 0.717) is 12.6 Å². The molecular weight excluding hydrogens is 370 g/mol. The van der Waals surface area contributed by atoms with Gasteiger partial charge in [0.2, 0.25) is 0 Å². The molecule has 1 unspecified atom stereocenters. The summed E-state index contributed by atoms with van der Waals surface area (Å²) in [6.07, 6.45) is 4.31. The summed E-state index contributed by atoms with van der Waals surface area (Å²) in [5.74, 6) is 1.92. The summed E-state index contributed by atoms with van der Waals surface area (Å²) in [4.78, 5) is 7.20. The van der Waals surface area contributed by atoms with E-state index in [4.69, 9.17) is 14.1 Å². The molecule has 1 fully saturated rings. The average molecular weight is 398 g/mol. The molecule has 0 saturated carbocycles. The van der Waals surface area contributed by atoms with Gasteiger partial charge in [0, 0.05) is 18.5 Å². The largest absolute Gasteiger partial charge is 0.486 e. The minimum absolute atomic E-state index is 0.292. The zero-order valence-corrected chi connectivity index (χ0v) is 17.1. The standard InChI is InChI=1S/C22H27N3O2S/c1-17-6-8-19(9-7-17)27-15-22-24-18(16-28-22)13-23-14-20(21-5-4-12-26-21)25-10-2-3-11-25/h4-9,12,16,20,23H,2-3,10-11,13-15H2,1H3. The molecule has 4 rings (SSSR count). The minimum atomic E-state index is 0.292. The van der Waals surface area contributed by atoms with Crippen LogP contribution in [-0.4, -0.2) is 29.5 Å². The Bertz CT molecular complexity index is 839. The SMILES string of the molecule is Cc1ccc(OCc2nc(CNCC(c3ccco3)N3CCCC3)cs2)cc1. The zero-order chi connectivity index (χ0) is 19.2. The summed E-state index contributed by atoms with van der Waals surface area (Å²) in [6.45, 7) is 6.49. The highest BCUT2D eigenvalue weighted by atomic mass is 32.1. The molecule has 1 aliphatic heterocycles. The fourth-order valence-electron chi connectivity index (χ4n) is 3.56. The van der Waals surface area contributed by atoms with Crippen LogP contribution in [-0.2, 0) is 13.2 Å². The molecule has 0 aliphatic carbocycles. The van der Waals surface area contributed by atoms with Crippen molar-refractivity contribution in [1.82, 2.24) is 15.2 Å². The molecule has 0 bridgehead atoms. The Morgan fingerprint density at radius 3 is 2.79 bits per heavy atom. The van der Waals surface area contributed by atoms with Crippen molar-refractivity contribution in [2.24, 2.45) is 0 Å². The van der Waals surface area contributed by atoms with E-state index in [1.54, 1.807) is 17.6 Å². The van der Waals surface area contributed by atoms with Crippen LogP contribution in [0.2, 0.25) is 0 Å². The number of aromatic nitrogens is 1. The van der Waals surface area contributed by atoms with Gasteiger partial charge >= 0.3 is 0 Å². The molecule has 1 saturated heterocycles. The summed E-state index contributed by atoms with van der Waals surface area (Å²) in [5, 5.41) is 6.67. The van der Waals surface area contributed by atoms with Crippen molar-refractivity contribution < 1.29 is 9.15 Å². The number of ether oxygens (including phenoxy) is 1. The number of thiazole rings is 1. The molecule has 148 valence electrons. The van der Waals surface area contributed by atoms with E-state index in [1.807, 2.05) is 18.2 Å². The van der Waals surface area contributed by atoms with E-state index in [2.05, 4.69) is 40.7 Å². The third-order valence-electron chi connectivity index (χ3n) is 5.08. The minimum Gasteiger partial charge on any atom is -0.486 e. The van der Waals surface area contributed by atoms with Crippen molar-refractivity contribution in [2.75, 3.05) is 19.6 Å². The number of likely N-dealkylation sites (tertiary alicyclic amines) is 1. The first-order valence-corrected chi connectivity index (χ1v) is 10.8. The molecule has 5 nitrogen and oxygen atoms in total. The highest BCUT2D eigenvalue weighted by molar-refractivity contribution is 7.09. The maximum atomic E-state index is 5.83. The number of aryl methyl sites for hydroxylation is 1. The van der Waals surface area contributed by atoms with Gasteiger partial charge in [-0.2, -0.15) is 0 Å². The van der Waals surface area contributed by atoms with Gasteiger partial charge in [-0.25, -0.2) is 4.98 Å². The van der Waals surface area contributed by atoms with Crippen molar-refractivity contribution >= 4 is 11.3 Å². The molecule has 3 aromatic rings. The first-order chi connectivity index (χ1) is 13.8. The van der Waals surface area contributed by atoms with E-state index < -0.39 is 0 Å². The highest BCUT2D eigenvalue weighted by Crippen LogP contribution is 2.25. The Kier molecular flexibility index (Phi) is 6.41. The van der Waals surface area contributed by atoms with Crippen LogP contribution in [0.1, 0.15) is 40.9 Å². The lowest BCUT2D eigenvalue weighted by Gasteiger charge is -2.26. The lowest BCUT2D eigenvalue weighted by molar-refractivity contribution is 0.209. The summed E-state index contributed by atoms with van der Waals surface area (Å²) < 4.78 is 11.5. The van der Waals surface area contributed by atoms with Crippen molar-refractivity contribution in [3.05, 3.63) is 70.1 Å². The van der Waals surface area contributed by atoms with Crippen LogP contribution in [0.4, 0.5) is 0 Å². The predicted molar refractivity (Wildman–Crippen MR) is 112 cm³/mol. The van der Waals surface area contributed by atoms with Crippen LogP contribution in [0.5, 0.6) is 5.75 Å². The van der Waals surface area contributed by atoms with Crippen LogP contribution >= 0.6 is 11.3 Å². The maximum Gasteiger partial charge on any atom is 0.140 e. The molecule has 0 radical (unpaired) electrons. The molecule has 1 atom stereocenters. The van der Waals surface area contributed by atoms with E-state index >= 15 is 0 Å². The molecule has 1 aliphatic rings. The van der Waals surface area contributed by atoms with Gasteiger partial charge in [-0.3, -0.25) is 4.90 Å². The number of nitrogens with zero attached hydrogens (tertiary/aromatic N) is 2. The Hall–Kier alpha value is -2.15. The van der Waals surface area contributed by atoms with Crippen molar-refractivity contribution in [2.45, 2.75) is 39.0 Å². The summed E-state index contributed by atoms with van der Waals surface area (Å²) in [7, 11) is 0. The van der Waals surface area contributed by atoms with Crippen LogP contribution < -0.4 is 10.1 Å². The van der Waals surface area contributed by atoms with E-state index in [9.17, 15) is 0 Å². The van der Waals surface area contributed by atoms with Crippen LogP contribution in [0, 0.1) is 6.92 Å². The summed E-state index contributed by atoms with van der Waals surface area (Å²) >= 11 is 1.65. The van der Waals surface area contributed by atoms with Crippen LogP contribution in [0.15, 0.2) is 52.5 Å². The van der Waals surface area contributed by atoms with Crippen molar-refractivity contribution in [1.29, 1.82) is 0 Å². The molecule has 1 N–H and O–H groups in total. The molecule has 3 heterocycles. The zero-order valence-electron chi connectivity index (χ0n) is 16.3. The molecule has 0 amide bonds. The monoisotopic (exact) mass is 397 g/mol. The lowest BCUT2D eigenvalue weighted by atomic mass is 10.2. The molecule has 1 aromatic carbocycles. The number of hydrogen-bond donors (Lipinski definition) is 1. The van der Waals surface area contributed by atoms with E-state index in [0.717, 1.165) is 48.4 Å². The van der Waals surface area contributed by atoms with Crippen molar-refractivity contribution in [3.8, 4) is 5.75 Å². The van der Waals surface area contributed by atoms with Gasteiger partial charge in [-0.05, 0) is 57.1 Å². The number of furan rings is 1. The Balaban J connectivity index is 1.27. The van der Waals surface area contributed by atoms with Gasteiger partial charge in [-0.15, -0.1) is 11.3 Å². The molecule has 2 aromatic heterocycles. The fourth-order valence-corrected chi connectivity index (χ4v) is 4.26. The first kappa shape index (κ1) is 19.2. The smallest absolute Gasteiger partial charge is 0.140 e. The van der Waals surface area contributed by atoms with Gasteiger partial charge in [-0.1, -0.05) is 17.7 Å². The number of benzene rings is 1. The summed E-state index contributed by atoms with van der Waals surface area (Å²) in [6, 6.07) is 12.5. The first-order valence-electron chi connectivity index (χ1n) is 9.89. The Morgan fingerprint density at radius 1 is 1.21 bits per heavy atom. The van der Waals surface area contributed by atoms with Crippen LogP contribution in [0.25, 0.3) is 0 Å². The molecular formula is C22H27N3O2S. The lowest BCUT2D eigenvalue weighted by Crippen LogP contribution is -2.33. The summed E-state index contributed by atoms with van der Waals surface area (Å²) in [5.41, 5.74) is 2.30. The van der Waals surface area contributed by atoms with E-state index in [1.165, 1.54) is 18.4 Å². The maximum absolute atomic E-state index is 5.83. The van der Waals surface area contributed by atoms with E-state index in [-0.39, 0.29) is 0 Å². The number of nitrogens with one attached hydrogen (secondary N) is 1. The van der Waals surface area contributed by atoms with Gasteiger partial charge in [0.15, 0.2) is 0 Å². The molecule has 6 heteroatoms. The molecule has 28 heavy (non-hydrogen) atoms. The quantitative estimate of drug-likeness (QED) is 0.574. The average Bonchev–Trinajstić information content (AvgIpc) is 3.48. The Morgan fingerprint density at radius 2 is 2.04 bits per heavy atom. The highest BCUT2D eigenvalue weighted by Gasteiger charge is 2.25. The second-order valence-electron chi connectivity index (χ2n) is 7.24. The van der Waals surface area contributed by atoms with Crippen LogP contribution in [0.3, 0.4) is 0 Å². The molecule has 0 spiro atoms. The van der Waals surface area contributed by atoms with Crippen molar-refractivity contribution in [3.63, 3.8) is 0 Å². The second kappa shape index (κ2) is 9.37. The fraction of sp³-hybridized carbons (Fsp3) is 0.409.